The van der Waals surface area contributed by atoms with Crippen LogP contribution in [-0.4, -0.2) is 34.5 Å². The number of hydrogen-bond donors (Lipinski definition) is 2. The molecule has 0 aromatic carbocycles. The number of ether oxygens (including phenoxy) is 1. The quantitative estimate of drug-likeness (QED) is 0.868. The molecule has 1 saturated heterocycles. The summed E-state index contributed by atoms with van der Waals surface area (Å²) in [6.07, 6.45) is 4.27. The van der Waals surface area contributed by atoms with Crippen molar-refractivity contribution in [2.45, 2.75) is 6.42 Å². The molecule has 0 radical (unpaired) electrons. The highest BCUT2D eigenvalue weighted by atomic mass is 16.5. The third-order valence-electron chi connectivity index (χ3n) is 3.33. The van der Waals surface area contributed by atoms with E-state index < -0.39 is 0 Å². The Labute approximate surface area is 110 Å². The van der Waals surface area contributed by atoms with E-state index in [-0.39, 0.29) is 5.75 Å². The van der Waals surface area contributed by atoms with Gasteiger partial charge in [-0.3, -0.25) is 0 Å². The minimum Gasteiger partial charge on any atom is -0.506 e. The Morgan fingerprint density at radius 3 is 3.26 bits per heavy atom. The molecule has 1 aliphatic heterocycles. The minimum atomic E-state index is 0.0571. The van der Waals surface area contributed by atoms with Gasteiger partial charge in [0.05, 0.1) is 24.7 Å². The molecule has 2 N–H and O–H groups in total. The molecule has 3 heterocycles. The van der Waals surface area contributed by atoms with Crippen LogP contribution < -0.4 is 5.32 Å². The molecule has 1 fully saturated rings. The topological polar surface area (TPSA) is 82.6 Å². The van der Waals surface area contributed by atoms with Crippen molar-refractivity contribution in [3.8, 4) is 11.8 Å². The van der Waals surface area contributed by atoms with E-state index in [2.05, 4.69) is 10.4 Å². The van der Waals surface area contributed by atoms with Crippen LogP contribution in [-0.2, 0) is 4.74 Å². The number of rotatable bonds is 3. The van der Waals surface area contributed by atoms with Gasteiger partial charge in [-0.25, -0.2) is 4.52 Å². The van der Waals surface area contributed by atoms with Crippen molar-refractivity contribution < 1.29 is 9.84 Å². The van der Waals surface area contributed by atoms with Crippen molar-refractivity contribution in [1.29, 1.82) is 5.26 Å². The fourth-order valence-corrected chi connectivity index (χ4v) is 2.29. The molecule has 0 bridgehead atoms. The lowest BCUT2D eigenvalue weighted by molar-refractivity contribution is 0.187. The Morgan fingerprint density at radius 2 is 2.53 bits per heavy atom. The van der Waals surface area contributed by atoms with Gasteiger partial charge in [0.25, 0.3) is 0 Å². The Balaban J connectivity index is 1.83. The Hall–Kier alpha value is -2.26. The number of nitrogens with zero attached hydrogens (tertiary/aromatic N) is 3. The normalized spacial score (nSPS) is 18.6. The second-order valence-electron chi connectivity index (χ2n) is 4.69. The highest BCUT2D eigenvalue weighted by molar-refractivity contribution is 5.71. The largest absolute Gasteiger partial charge is 0.506 e. The van der Waals surface area contributed by atoms with Crippen molar-refractivity contribution in [3.63, 3.8) is 0 Å². The fourth-order valence-electron chi connectivity index (χ4n) is 2.29. The molecule has 0 amide bonds. The maximum Gasteiger partial charge on any atom is 0.144 e. The molecule has 1 aliphatic rings. The highest BCUT2D eigenvalue weighted by Crippen LogP contribution is 2.26. The first-order valence-corrected chi connectivity index (χ1v) is 6.20. The van der Waals surface area contributed by atoms with Crippen LogP contribution >= 0.6 is 0 Å². The van der Waals surface area contributed by atoms with E-state index in [4.69, 9.17) is 10.00 Å². The molecule has 6 heteroatoms. The summed E-state index contributed by atoms with van der Waals surface area (Å²) >= 11 is 0. The third kappa shape index (κ3) is 2.20. The molecule has 3 rings (SSSR count). The zero-order valence-electron chi connectivity index (χ0n) is 10.3. The average Bonchev–Trinajstić information content (AvgIpc) is 3.05. The van der Waals surface area contributed by atoms with Crippen LogP contribution in [0.15, 0.2) is 18.5 Å². The molecule has 98 valence electrons. The van der Waals surface area contributed by atoms with Gasteiger partial charge < -0.3 is 15.2 Å². The van der Waals surface area contributed by atoms with Crippen molar-refractivity contribution in [1.82, 2.24) is 9.61 Å². The molecule has 0 spiro atoms. The Kier molecular flexibility index (Phi) is 2.97. The van der Waals surface area contributed by atoms with Gasteiger partial charge in [0.2, 0.25) is 0 Å². The lowest BCUT2D eigenvalue weighted by Gasteiger charge is -2.11. The molecule has 0 saturated carbocycles. The molecule has 2 aromatic rings. The van der Waals surface area contributed by atoms with Gasteiger partial charge in [-0.05, 0) is 6.42 Å². The van der Waals surface area contributed by atoms with Gasteiger partial charge in [-0.2, -0.15) is 10.4 Å². The predicted octanol–water partition coefficient (Wildman–Crippen LogP) is 1.36. The van der Waals surface area contributed by atoms with E-state index in [1.807, 2.05) is 6.07 Å². The number of nitriles is 1. The second kappa shape index (κ2) is 4.78. The molecule has 6 nitrogen and oxygen atoms in total. The van der Waals surface area contributed by atoms with Crippen molar-refractivity contribution >= 4 is 11.2 Å². The zero-order chi connectivity index (χ0) is 13.2. The molecular formula is C13H14N4O2. The van der Waals surface area contributed by atoms with Crippen LogP contribution in [0.2, 0.25) is 0 Å². The van der Waals surface area contributed by atoms with Gasteiger partial charge >= 0.3 is 0 Å². The molecule has 1 unspecified atom stereocenters. The van der Waals surface area contributed by atoms with Gasteiger partial charge in [-0.1, -0.05) is 0 Å². The van der Waals surface area contributed by atoms with Crippen molar-refractivity contribution in [2.24, 2.45) is 5.92 Å². The van der Waals surface area contributed by atoms with E-state index in [9.17, 15) is 5.11 Å². The summed E-state index contributed by atoms with van der Waals surface area (Å²) in [4.78, 5) is 0. The number of aromatic nitrogens is 2. The lowest BCUT2D eigenvalue weighted by atomic mass is 10.1. The molecule has 2 aromatic heterocycles. The number of aromatic hydroxyl groups is 1. The van der Waals surface area contributed by atoms with E-state index >= 15 is 0 Å². The van der Waals surface area contributed by atoms with E-state index in [0.29, 0.717) is 17.0 Å². The SMILES string of the molecule is N#Cc1cnn2cc(NCC3CCOC3)cc(O)c12. The van der Waals surface area contributed by atoms with Gasteiger partial charge in [0.15, 0.2) is 0 Å². The van der Waals surface area contributed by atoms with E-state index in [1.165, 1.54) is 10.7 Å². The van der Waals surface area contributed by atoms with Crippen molar-refractivity contribution in [3.05, 3.63) is 24.0 Å². The first-order chi connectivity index (χ1) is 9.28. The summed E-state index contributed by atoms with van der Waals surface area (Å²) < 4.78 is 6.83. The number of anilines is 1. The summed E-state index contributed by atoms with van der Waals surface area (Å²) in [7, 11) is 0. The number of hydrogen-bond acceptors (Lipinski definition) is 5. The fraction of sp³-hybridized carbons (Fsp3) is 0.385. The zero-order valence-corrected chi connectivity index (χ0v) is 10.3. The monoisotopic (exact) mass is 258 g/mol. The number of pyridine rings is 1. The first-order valence-electron chi connectivity index (χ1n) is 6.20. The second-order valence-corrected chi connectivity index (χ2v) is 4.69. The van der Waals surface area contributed by atoms with Crippen LogP contribution in [0.3, 0.4) is 0 Å². The van der Waals surface area contributed by atoms with Gasteiger partial charge in [0.1, 0.15) is 22.9 Å². The summed E-state index contributed by atoms with van der Waals surface area (Å²) in [6, 6.07) is 3.63. The maximum atomic E-state index is 9.97. The van der Waals surface area contributed by atoms with E-state index in [0.717, 1.165) is 31.9 Å². The molecular weight excluding hydrogens is 244 g/mol. The number of fused-ring (bicyclic) bond motifs is 1. The first kappa shape index (κ1) is 11.8. The predicted molar refractivity (Wildman–Crippen MR) is 69.0 cm³/mol. The summed E-state index contributed by atoms with van der Waals surface area (Å²) in [6.45, 7) is 2.40. The van der Waals surface area contributed by atoms with Crippen LogP contribution in [0.1, 0.15) is 12.0 Å². The smallest absolute Gasteiger partial charge is 0.144 e. The van der Waals surface area contributed by atoms with Crippen LogP contribution in [0.25, 0.3) is 5.52 Å². The van der Waals surface area contributed by atoms with E-state index in [1.54, 1.807) is 12.3 Å². The Morgan fingerprint density at radius 1 is 1.63 bits per heavy atom. The standard InChI is InChI=1S/C13H14N4O2/c14-4-10-6-16-17-7-11(3-12(18)13(10)17)15-5-9-1-2-19-8-9/h3,6-7,9,15,18H,1-2,5,8H2. The van der Waals surface area contributed by atoms with Gasteiger partial charge in [-0.15, -0.1) is 0 Å². The van der Waals surface area contributed by atoms with Crippen molar-refractivity contribution in [2.75, 3.05) is 25.1 Å². The highest BCUT2D eigenvalue weighted by Gasteiger charge is 2.16. The molecule has 19 heavy (non-hydrogen) atoms. The lowest BCUT2D eigenvalue weighted by Crippen LogP contribution is -2.14. The minimum absolute atomic E-state index is 0.0571. The third-order valence-corrected chi connectivity index (χ3v) is 3.33. The molecule has 1 atom stereocenters. The van der Waals surface area contributed by atoms with Gasteiger partial charge in [0, 0.05) is 25.1 Å². The maximum absolute atomic E-state index is 9.97. The van der Waals surface area contributed by atoms with Crippen LogP contribution in [0, 0.1) is 17.2 Å². The Bertz CT molecular complexity index is 638. The summed E-state index contributed by atoms with van der Waals surface area (Å²) in [5.41, 5.74) is 1.59. The van der Waals surface area contributed by atoms with Crippen LogP contribution in [0.4, 0.5) is 5.69 Å². The summed E-state index contributed by atoms with van der Waals surface area (Å²) in [5, 5.41) is 26.2. The summed E-state index contributed by atoms with van der Waals surface area (Å²) in [5.74, 6) is 0.562. The van der Waals surface area contributed by atoms with Crippen LogP contribution in [0.5, 0.6) is 5.75 Å². The molecule has 0 aliphatic carbocycles. The number of nitrogens with one attached hydrogen (secondary N) is 1. The average molecular weight is 258 g/mol.